The smallest absolute Gasteiger partial charge is 0.276 e. The molecule has 3 aromatic rings. The first kappa shape index (κ1) is 21.5. The van der Waals surface area contributed by atoms with Crippen LogP contribution in [0.4, 0.5) is 5.69 Å². The number of fused-ring (bicyclic) bond motifs is 2. The predicted molar refractivity (Wildman–Crippen MR) is 124 cm³/mol. The minimum Gasteiger partial charge on any atom is -0.319 e. The van der Waals surface area contributed by atoms with Crippen LogP contribution in [0.2, 0.25) is 5.02 Å². The van der Waals surface area contributed by atoms with Gasteiger partial charge in [0.05, 0.1) is 24.1 Å². The molecule has 1 amide bonds. The average Bonchev–Trinajstić information content (AvgIpc) is 3.12. The van der Waals surface area contributed by atoms with Crippen molar-refractivity contribution in [2.75, 3.05) is 19.4 Å². The first-order valence-electron chi connectivity index (χ1n) is 10.6. The molecule has 162 valence electrons. The number of hydrogen-bond acceptors (Lipinski definition) is 4. The van der Waals surface area contributed by atoms with Gasteiger partial charge in [0.25, 0.3) is 5.91 Å². The Hall–Kier alpha value is -2.70. The molecule has 3 heterocycles. The van der Waals surface area contributed by atoms with Gasteiger partial charge in [0.2, 0.25) is 0 Å². The van der Waals surface area contributed by atoms with E-state index >= 15 is 0 Å². The van der Waals surface area contributed by atoms with Crippen molar-refractivity contribution in [2.24, 2.45) is 5.92 Å². The van der Waals surface area contributed by atoms with Crippen LogP contribution in [0, 0.1) is 5.92 Å². The Balaban J connectivity index is 1.57. The lowest BCUT2D eigenvalue weighted by Crippen LogP contribution is -2.21. The van der Waals surface area contributed by atoms with Gasteiger partial charge in [-0.25, -0.2) is 0 Å². The maximum absolute atomic E-state index is 12.9. The topological polar surface area (TPSA) is 63.1 Å². The minimum atomic E-state index is -0.227. The van der Waals surface area contributed by atoms with Crippen LogP contribution in [0.1, 0.15) is 59.2 Å². The molecule has 0 aliphatic carbocycles. The van der Waals surface area contributed by atoms with Gasteiger partial charge in [0.15, 0.2) is 5.69 Å². The molecule has 0 bridgehead atoms. The van der Waals surface area contributed by atoms with Crippen molar-refractivity contribution in [3.8, 4) is 0 Å². The molecular formula is C24H28ClN5O. The Morgan fingerprint density at radius 1 is 1.26 bits per heavy atom. The number of aromatic nitrogens is 3. The number of halogens is 1. The van der Waals surface area contributed by atoms with Crippen LogP contribution in [-0.4, -0.2) is 39.7 Å². The van der Waals surface area contributed by atoms with Gasteiger partial charge < -0.3 is 10.2 Å². The summed E-state index contributed by atoms with van der Waals surface area (Å²) in [4.78, 5) is 19.4. The molecule has 0 fully saturated rings. The van der Waals surface area contributed by atoms with Gasteiger partial charge in [-0.05, 0) is 67.9 Å². The molecule has 31 heavy (non-hydrogen) atoms. The summed E-state index contributed by atoms with van der Waals surface area (Å²) in [5.74, 6) is 0.482. The van der Waals surface area contributed by atoms with Crippen molar-refractivity contribution >= 4 is 23.2 Å². The molecule has 0 radical (unpaired) electrons. The maximum atomic E-state index is 12.9. The van der Waals surface area contributed by atoms with Crippen molar-refractivity contribution in [1.82, 2.24) is 19.7 Å². The third-order valence-electron chi connectivity index (χ3n) is 5.47. The van der Waals surface area contributed by atoms with E-state index in [1.165, 1.54) is 11.1 Å². The van der Waals surface area contributed by atoms with E-state index < -0.39 is 0 Å². The van der Waals surface area contributed by atoms with E-state index in [-0.39, 0.29) is 11.8 Å². The second-order valence-corrected chi connectivity index (χ2v) is 9.30. The monoisotopic (exact) mass is 437 g/mol. The lowest BCUT2D eigenvalue weighted by Gasteiger charge is -2.28. The molecule has 2 aromatic heterocycles. The number of rotatable bonds is 6. The fraction of sp³-hybridized carbons (Fsp3) is 0.375. The summed E-state index contributed by atoms with van der Waals surface area (Å²) in [5.41, 5.74) is 5.55. The molecule has 0 spiro atoms. The third kappa shape index (κ3) is 4.81. The van der Waals surface area contributed by atoms with E-state index in [4.69, 9.17) is 11.6 Å². The van der Waals surface area contributed by atoms with Crippen molar-refractivity contribution in [1.29, 1.82) is 0 Å². The van der Waals surface area contributed by atoms with Gasteiger partial charge in [0.1, 0.15) is 0 Å². The maximum Gasteiger partial charge on any atom is 0.276 e. The van der Waals surface area contributed by atoms with Crippen molar-refractivity contribution in [3.63, 3.8) is 0 Å². The Kier molecular flexibility index (Phi) is 6.12. The van der Waals surface area contributed by atoms with E-state index in [0.29, 0.717) is 23.8 Å². The highest BCUT2D eigenvalue weighted by molar-refractivity contribution is 6.30. The van der Waals surface area contributed by atoms with Crippen LogP contribution in [-0.2, 0) is 13.1 Å². The molecule has 1 aliphatic heterocycles. The number of pyridine rings is 1. The van der Waals surface area contributed by atoms with Crippen LogP contribution >= 0.6 is 11.6 Å². The molecule has 1 aliphatic rings. The van der Waals surface area contributed by atoms with Crippen molar-refractivity contribution < 1.29 is 4.79 Å². The number of nitrogens with zero attached hydrogens (tertiary/aromatic N) is 4. The van der Waals surface area contributed by atoms with Crippen LogP contribution < -0.4 is 5.32 Å². The summed E-state index contributed by atoms with van der Waals surface area (Å²) in [7, 11) is 3.99. The Labute approximate surface area is 188 Å². The van der Waals surface area contributed by atoms with E-state index in [9.17, 15) is 4.79 Å². The van der Waals surface area contributed by atoms with E-state index in [0.717, 1.165) is 29.4 Å². The van der Waals surface area contributed by atoms with Gasteiger partial charge in [-0.15, -0.1) is 0 Å². The largest absolute Gasteiger partial charge is 0.319 e. The van der Waals surface area contributed by atoms with Crippen molar-refractivity contribution in [2.45, 2.75) is 39.3 Å². The van der Waals surface area contributed by atoms with Gasteiger partial charge in [-0.3, -0.25) is 14.5 Å². The molecule has 1 atom stereocenters. The Morgan fingerprint density at radius 3 is 2.74 bits per heavy atom. The first-order valence-corrected chi connectivity index (χ1v) is 10.9. The second kappa shape index (κ2) is 8.81. The zero-order chi connectivity index (χ0) is 22.1. The van der Waals surface area contributed by atoms with Crippen LogP contribution in [0.3, 0.4) is 0 Å². The summed E-state index contributed by atoms with van der Waals surface area (Å²) >= 11 is 6.24. The molecule has 1 unspecified atom stereocenters. The Morgan fingerprint density at radius 2 is 2.06 bits per heavy atom. The van der Waals surface area contributed by atoms with Crippen LogP contribution in [0.25, 0.3) is 0 Å². The standard InChI is InChI=1S/C24H28ClN5O/c1-15(2)9-21-20-8-5-17(25)10-16(20)13-30-23(21)11-22(28-30)24(31)27-18-6-7-19(26-12-18)14-29(3)4/h5-8,10-12,15,21H,9,13-14H2,1-4H3,(H,27,31). The number of carbonyl (C=O) groups excluding carboxylic acids is 1. The molecule has 7 heteroatoms. The highest BCUT2D eigenvalue weighted by Crippen LogP contribution is 2.38. The number of anilines is 1. The summed E-state index contributed by atoms with van der Waals surface area (Å²) < 4.78 is 1.94. The number of nitrogens with one attached hydrogen (secondary N) is 1. The molecule has 1 N–H and O–H groups in total. The highest BCUT2D eigenvalue weighted by atomic mass is 35.5. The fourth-order valence-corrected chi connectivity index (χ4v) is 4.35. The summed E-state index contributed by atoms with van der Waals surface area (Å²) in [6.45, 7) is 5.80. The quantitative estimate of drug-likeness (QED) is 0.602. The number of hydrogen-bond donors (Lipinski definition) is 1. The number of carbonyl (C=O) groups is 1. The van der Waals surface area contributed by atoms with Crippen molar-refractivity contribution in [3.05, 3.63) is 75.8 Å². The molecule has 1 aromatic carbocycles. The molecule has 0 saturated carbocycles. The number of benzene rings is 1. The normalized spacial score (nSPS) is 15.1. The lowest BCUT2D eigenvalue weighted by molar-refractivity contribution is 0.102. The third-order valence-corrected chi connectivity index (χ3v) is 5.70. The summed E-state index contributed by atoms with van der Waals surface area (Å²) in [6.07, 6.45) is 2.67. The molecule has 0 saturated heterocycles. The van der Waals surface area contributed by atoms with Gasteiger partial charge in [-0.2, -0.15) is 5.10 Å². The van der Waals surface area contributed by atoms with E-state index in [2.05, 4.69) is 40.2 Å². The van der Waals surface area contributed by atoms with Crippen LogP contribution in [0.5, 0.6) is 0 Å². The van der Waals surface area contributed by atoms with Gasteiger partial charge in [0, 0.05) is 23.2 Å². The average molecular weight is 438 g/mol. The predicted octanol–water partition coefficient (Wildman–Crippen LogP) is 4.79. The molecular weight excluding hydrogens is 410 g/mol. The fourth-order valence-electron chi connectivity index (χ4n) is 4.15. The van der Waals surface area contributed by atoms with E-state index in [1.54, 1.807) is 6.20 Å². The van der Waals surface area contributed by atoms with E-state index in [1.807, 2.05) is 49.1 Å². The Bertz CT molecular complexity index is 1090. The molecule has 6 nitrogen and oxygen atoms in total. The zero-order valence-electron chi connectivity index (χ0n) is 18.4. The minimum absolute atomic E-state index is 0.196. The van der Waals surface area contributed by atoms with Gasteiger partial charge in [-0.1, -0.05) is 31.5 Å². The SMILES string of the molecule is CC(C)CC1c2ccc(Cl)cc2Cn2nc(C(=O)Nc3ccc(CN(C)C)nc3)cc21. The zero-order valence-corrected chi connectivity index (χ0v) is 19.1. The second-order valence-electron chi connectivity index (χ2n) is 8.87. The highest BCUT2D eigenvalue weighted by Gasteiger charge is 2.29. The van der Waals surface area contributed by atoms with Crippen LogP contribution in [0.15, 0.2) is 42.6 Å². The number of amides is 1. The van der Waals surface area contributed by atoms with Gasteiger partial charge >= 0.3 is 0 Å². The first-order chi connectivity index (χ1) is 14.8. The molecule has 4 rings (SSSR count). The summed E-state index contributed by atoms with van der Waals surface area (Å²) in [6, 6.07) is 11.8. The lowest BCUT2D eigenvalue weighted by atomic mass is 9.83. The summed E-state index contributed by atoms with van der Waals surface area (Å²) in [5, 5.41) is 8.27.